The Balaban J connectivity index is 3.72. The first-order valence-electron chi connectivity index (χ1n) is 2.68. The Morgan fingerprint density at radius 2 is 2.11 bits per heavy atom. The fraction of sp³-hybridized carbons (Fsp3) is 0.800. The monoisotopic (exact) mass is 133 g/mol. The molecule has 0 rings (SSSR count). The summed E-state index contributed by atoms with van der Waals surface area (Å²) in [6.07, 6.45) is -2.35. The SMILES string of the molecule is C[C@H](O)C(O)C(=O)CN. The van der Waals surface area contributed by atoms with Crippen molar-refractivity contribution in [3.8, 4) is 0 Å². The van der Waals surface area contributed by atoms with Crippen molar-refractivity contribution in [2.45, 2.75) is 19.1 Å². The minimum atomic E-state index is -1.32. The maximum Gasteiger partial charge on any atom is 0.177 e. The molecule has 0 saturated heterocycles. The zero-order valence-corrected chi connectivity index (χ0v) is 5.24. The lowest BCUT2D eigenvalue weighted by atomic mass is 10.1. The fourth-order valence-corrected chi connectivity index (χ4v) is 0.390. The van der Waals surface area contributed by atoms with Crippen LogP contribution in [-0.2, 0) is 4.79 Å². The van der Waals surface area contributed by atoms with Crippen LogP contribution in [0, 0.1) is 0 Å². The first kappa shape index (κ1) is 8.55. The molecule has 0 radical (unpaired) electrons. The van der Waals surface area contributed by atoms with E-state index in [1.807, 2.05) is 0 Å². The van der Waals surface area contributed by atoms with Gasteiger partial charge in [-0.3, -0.25) is 4.79 Å². The quantitative estimate of drug-likeness (QED) is 0.426. The number of nitrogens with two attached hydrogens (primary N) is 1. The molecule has 0 fully saturated rings. The van der Waals surface area contributed by atoms with Gasteiger partial charge in [-0.05, 0) is 6.92 Å². The van der Waals surface area contributed by atoms with Gasteiger partial charge in [0.25, 0.3) is 0 Å². The number of aliphatic hydroxyl groups is 2. The maximum absolute atomic E-state index is 10.4. The molecule has 0 aliphatic heterocycles. The van der Waals surface area contributed by atoms with E-state index in [4.69, 9.17) is 15.9 Å². The number of carbonyl (C=O) groups is 1. The third-order valence-corrected chi connectivity index (χ3v) is 0.988. The molecule has 4 heteroatoms. The van der Waals surface area contributed by atoms with E-state index in [1.165, 1.54) is 6.92 Å². The zero-order valence-electron chi connectivity index (χ0n) is 5.24. The van der Waals surface area contributed by atoms with Crippen LogP contribution in [0.1, 0.15) is 6.92 Å². The van der Waals surface area contributed by atoms with Crippen molar-refractivity contribution < 1.29 is 15.0 Å². The lowest BCUT2D eigenvalue weighted by molar-refractivity contribution is -0.130. The van der Waals surface area contributed by atoms with Gasteiger partial charge in [-0.2, -0.15) is 0 Å². The Hall–Kier alpha value is -0.450. The molecule has 2 atom stereocenters. The molecule has 0 aromatic carbocycles. The highest BCUT2D eigenvalue weighted by molar-refractivity contribution is 5.84. The van der Waals surface area contributed by atoms with Crippen LogP contribution in [0.25, 0.3) is 0 Å². The van der Waals surface area contributed by atoms with Crippen LogP contribution in [0.5, 0.6) is 0 Å². The van der Waals surface area contributed by atoms with E-state index in [9.17, 15) is 4.79 Å². The van der Waals surface area contributed by atoms with E-state index in [1.54, 1.807) is 0 Å². The van der Waals surface area contributed by atoms with E-state index in [2.05, 4.69) is 0 Å². The summed E-state index contributed by atoms with van der Waals surface area (Å²) >= 11 is 0. The Kier molecular flexibility index (Phi) is 3.37. The number of carbonyl (C=O) groups excluding carboxylic acids is 1. The average Bonchev–Trinajstić information content (AvgIpc) is 1.84. The molecule has 0 saturated carbocycles. The lowest BCUT2D eigenvalue weighted by Gasteiger charge is -2.09. The molecule has 1 unspecified atom stereocenters. The van der Waals surface area contributed by atoms with Crippen LogP contribution in [0.4, 0.5) is 0 Å². The number of ketones is 1. The van der Waals surface area contributed by atoms with Crippen molar-refractivity contribution in [3.63, 3.8) is 0 Å². The van der Waals surface area contributed by atoms with Crippen molar-refractivity contribution in [1.29, 1.82) is 0 Å². The number of aliphatic hydroxyl groups excluding tert-OH is 2. The summed E-state index contributed by atoms with van der Waals surface area (Å²) in [6, 6.07) is 0. The van der Waals surface area contributed by atoms with Gasteiger partial charge < -0.3 is 15.9 Å². The summed E-state index contributed by atoms with van der Waals surface area (Å²) in [6.45, 7) is 1.10. The molecule has 4 nitrogen and oxygen atoms in total. The third kappa shape index (κ3) is 2.55. The first-order valence-corrected chi connectivity index (χ1v) is 2.68. The molecule has 0 aromatic rings. The van der Waals surface area contributed by atoms with Gasteiger partial charge in [-0.15, -0.1) is 0 Å². The molecule has 9 heavy (non-hydrogen) atoms. The van der Waals surface area contributed by atoms with Crippen LogP contribution < -0.4 is 5.73 Å². The predicted molar refractivity (Wildman–Crippen MR) is 31.7 cm³/mol. The molecular weight excluding hydrogens is 122 g/mol. The highest BCUT2D eigenvalue weighted by Crippen LogP contribution is 1.91. The summed E-state index contributed by atoms with van der Waals surface area (Å²) in [5.41, 5.74) is 4.89. The second-order valence-electron chi connectivity index (χ2n) is 1.86. The molecular formula is C5H11NO3. The first-order chi connectivity index (χ1) is 4.09. The predicted octanol–water partition coefficient (Wildman–Crippen LogP) is -1.74. The zero-order chi connectivity index (χ0) is 7.44. The average molecular weight is 133 g/mol. The summed E-state index contributed by atoms with van der Waals surface area (Å²) in [5, 5.41) is 17.3. The van der Waals surface area contributed by atoms with Crippen molar-refractivity contribution >= 4 is 5.78 Å². The Morgan fingerprint density at radius 1 is 1.67 bits per heavy atom. The van der Waals surface area contributed by atoms with Gasteiger partial charge in [-0.1, -0.05) is 0 Å². The summed E-state index contributed by atoms with van der Waals surface area (Å²) in [7, 11) is 0. The van der Waals surface area contributed by atoms with E-state index in [-0.39, 0.29) is 6.54 Å². The molecule has 0 amide bonds. The second-order valence-corrected chi connectivity index (χ2v) is 1.86. The normalized spacial score (nSPS) is 16.9. The standard InChI is InChI=1S/C5H11NO3/c1-3(7)5(9)4(8)2-6/h3,5,7,9H,2,6H2,1H3/t3-,5?/m0/s1. The molecule has 54 valence electrons. The van der Waals surface area contributed by atoms with Crippen molar-refractivity contribution in [2.75, 3.05) is 6.54 Å². The molecule has 4 N–H and O–H groups in total. The van der Waals surface area contributed by atoms with E-state index in [0.29, 0.717) is 0 Å². The van der Waals surface area contributed by atoms with Gasteiger partial charge in [0.15, 0.2) is 5.78 Å². The number of hydrogen-bond acceptors (Lipinski definition) is 4. The largest absolute Gasteiger partial charge is 0.390 e. The molecule has 0 spiro atoms. The van der Waals surface area contributed by atoms with Crippen LogP contribution in [0.2, 0.25) is 0 Å². The lowest BCUT2D eigenvalue weighted by Crippen LogP contribution is -2.35. The van der Waals surface area contributed by atoms with Gasteiger partial charge in [-0.25, -0.2) is 0 Å². The van der Waals surface area contributed by atoms with Crippen LogP contribution in [-0.4, -0.2) is 34.7 Å². The van der Waals surface area contributed by atoms with E-state index >= 15 is 0 Å². The molecule has 0 aliphatic rings. The topological polar surface area (TPSA) is 83.5 Å². The van der Waals surface area contributed by atoms with Crippen molar-refractivity contribution in [1.82, 2.24) is 0 Å². The Bertz CT molecular complexity index is 102. The van der Waals surface area contributed by atoms with Gasteiger partial charge in [0.05, 0.1) is 12.6 Å². The minimum Gasteiger partial charge on any atom is -0.390 e. The Labute approximate surface area is 53.3 Å². The van der Waals surface area contributed by atoms with Gasteiger partial charge >= 0.3 is 0 Å². The highest BCUT2D eigenvalue weighted by atomic mass is 16.3. The van der Waals surface area contributed by atoms with Crippen LogP contribution in [0.15, 0.2) is 0 Å². The highest BCUT2D eigenvalue weighted by Gasteiger charge is 2.17. The summed E-state index contributed by atoms with van der Waals surface area (Å²) < 4.78 is 0. The van der Waals surface area contributed by atoms with Crippen molar-refractivity contribution in [3.05, 3.63) is 0 Å². The molecule has 0 bridgehead atoms. The van der Waals surface area contributed by atoms with E-state index in [0.717, 1.165) is 0 Å². The van der Waals surface area contributed by atoms with Gasteiger partial charge in [0, 0.05) is 0 Å². The second kappa shape index (κ2) is 3.55. The molecule has 0 aromatic heterocycles. The third-order valence-electron chi connectivity index (χ3n) is 0.988. The van der Waals surface area contributed by atoms with Gasteiger partial charge in [0.1, 0.15) is 6.10 Å². The summed E-state index contributed by atoms with van der Waals surface area (Å²) in [4.78, 5) is 10.4. The van der Waals surface area contributed by atoms with Gasteiger partial charge in [0.2, 0.25) is 0 Å². The molecule has 0 aliphatic carbocycles. The minimum absolute atomic E-state index is 0.230. The number of rotatable bonds is 3. The number of hydrogen-bond donors (Lipinski definition) is 3. The fourth-order valence-electron chi connectivity index (χ4n) is 0.390. The van der Waals surface area contributed by atoms with Crippen LogP contribution in [0.3, 0.4) is 0 Å². The van der Waals surface area contributed by atoms with Crippen molar-refractivity contribution in [2.24, 2.45) is 5.73 Å². The van der Waals surface area contributed by atoms with Crippen LogP contribution >= 0.6 is 0 Å². The number of Topliss-reactive ketones (excluding diaryl/α,β-unsaturated/α-hetero) is 1. The summed E-state index contributed by atoms with van der Waals surface area (Å²) in [5.74, 6) is -0.537. The smallest absolute Gasteiger partial charge is 0.177 e. The maximum atomic E-state index is 10.4. The van der Waals surface area contributed by atoms with E-state index < -0.39 is 18.0 Å². The Morgan fingerprint density at radius 3 is 2.22 bits per heavy atom. The molecule has 0 heterocycles.